The second-order valence-electron chi connectivity index (χ2n) is 5.39. The Morgan fingerprint density at radius 3 is 2.45 bits per heavy atom. The molecule has 0 spiro atoms. The molecular formula is C19H10ClNS. The SMILES string of the molecule is Clc1nc2c3ccccc3ccc2c2c1sc1ccccc12. The lowest BCUT2D eigenvalue weighted by Gasteiger charge is -2.06. The third kappa shape index (κ3) is 1.57. The van der Waals surface area contributed by atoms with Crippen LogP contribution in [0.25, 0.3) is 41.8 Å². The molecule has 1 nitrogen and oxygen atoms in total. The molecule has 0 N–H and O–H groups in total. The molecule has 3 aromatic carbocycles. The van der Waals surface area contributed by atoms with Crippen molar-refractivity contribution in [2.24, 2.45) is 0 Å². The normalized spacial score (nSPS) is 11.9. The number of rotatable bonds is 0. The van der Waals surface area contributed by atoms with Crippen LogP contribution in [0.2, 0.25) is 5.15 Å². The van der Waals surface area contributed by atoms with Gasteiger partial charge >= 0.3 is 0 Å². The molecule has 0 bridgehead atoms. The smallest absolute Gasteiger partial charge is 0.147 e. The summed E-state index contributed by atoms with van der Waals surface area (Å²) in [6, 6.07) is 21.1. The minimum absolute atomic E-state index is 0.597. The summed E-state index contributed by atoms with van der Waals surface area (Å²) in [7, 11) is 0. The van der Waals surface area contributed by atoms with Crippen LogP contribution in [0.4, 0.5) is 0 Å². The van der Waals surface area contributed by atoms with Gasteiger partial charge in [-0.2, -0.15) is 0 Å². The lowest BCUT2D eigenvalue weighted by Crippen LogP contribution is -1.84. The Kier molecular flexibility index (Phi) is 2.49. The van der Waals surface area contributed by atoms with Crippen molar-refractivity contribution < 1.29 is 0 Å². The highest BCUT2D eigenvalue weighted by Gasteiger charge is 2.14. The Balaban J connectivity index is 2.14. The fraction of sp³-hybridized carbons (Fsp3) is 0. The average molecular weight is 320 g/mol. The molecule has 0 amide bonds. The van der Waals surface area contributed by atoms with Crippen LogP contribution in [0, 0.1) is 0 Å². The second kappa shape index (κ2) is 4.42. The highest BCUT2D eigenvalue weighted by atomic mass is 35.5. The van der Waals surface area contributed by atoms with Crippen molar-refractivity contribution in [3.8, 4) is 0 Å². The van der Waals surface area contributed by atoms with Crippen molar-refractivity contribution >= 4 is 64.8 Å². The van der Waals surface area contributed by atoms with Crippen LogP contribution in [0.3, 0.4) is 0 Å². The Morgan fingerprint density at radius 2 is 1.55 bits per heavy atom. The maximum absolute atomic E-state index is 6.51. The first-order chi connectivity index (χ1) is 10.8. The molecule has 0 saturated heterocycles. The summed E-state index contributed by atoms with van der Waals surface area (Å²) in [5.74, 6) is 0. The third-order valence-corrected chi connectivity index (χ3v) is 5.73. The van der Waals surface area contributed by atoms with Crippen molar-refractivity contribution in [2.45, 2.75) is 0 Å². The zero-order chi connectivity index (χ0) is 14.7. The molecule has 0 aliphatic rings. The molecule has 0 aliphatic carbocycles. The number of halogens is 1. The summed E-state index contributed by atoms with van der Waals surface area (Å²) in [5, 5.41) is 6.60. The Bertz CT molecular complexity index is 1190. The van der Waals surface area contributed by atoms with Gasteiger partial charge in [0.05, 0.1) is 10.2 Å². The summed E-state index contributed by atoms with van der Waals surface area (Å²) in [4.78, 5) is 4.70. The van der Waals surface area contributed by atoms with Crippen LogP contribution in [0.5, 0.6) is 0 Å². The van der Waals surface area contributed by atoms with Crippen molar-refractivity contribution in [3.63, 3.8) is 0 Å². The number of thiophene rings is 1. The van der Waals surface area contributed by atoms with Gasteiger partial charge in [0.15, 0.2) is 0 Å². The minimum Gasteiger partial charge on any atom is -0.234 e. The standard InChI is InChI=1S/C19H10ClNS/c20-19-18-16(13-7-3-4-8-15(13)22-18)14-10-9-11-5-1-2-6-12(11)17(14)21-19/h1-10H. The predicted octanol–water partition coefficient (Wildman–Crippen LogP) is 6.41. The number of hydrogen-bond acceptors (Lipinski definition) is 2. The summed E-state index contributed by atoms with van der Waals surface area (Å²) in [6.07, 6.45) is 0. The summed E-state index contributed by atoms with van der Waals surface area (Å²) in [6.45, 7) is 0. The summed E-state index contributed by atoms with van der Waals surface area (Å²) < 4.78 is 2.33. The molecule has 5 aromatic rings. The van der Waals surface area contributed by atoms with Gasteiger partial charge in [0.25, 0.3) is 0 Å². The van der Waals surface area contributed by atoms with Gasteiger partial charge in [-0.25, -0.2) is 4.98 Å². The van der Waals surface area contributed by atoms with E-state index in [0.29, 0.717) is 5.15 Å². The number of nitrogens with zero attached hydrogens (tertiary/aromatic N) is 1. The molecule has 5 rings (SSSR count). The van der Waals surface area contributed by atoms with Gasteiger partial charge in [-0.1, -0.05) is 66.2 Å². The van der Waals surface area contributed by atoms with Gasteiger partial charge in [-0.05, 0) is 11.5 Å². The number of aromatic nitrogens is 1. The number of fused-ring (bicyclic) bond motifs is 7. The van der Waals surface area contributed by atoms with E-state index in [9.17, 15) is 0 Å². The lowest BCUT2D eigenvalue weighted by atomic mass is 10.0. The zero-order valence-electron chi connectivity index (χ0n) is 11.5. The van der Waals surface area contributed by atoms with E-state index >= 15 is 0 Å². The molecule has 3 heteroatoms. The van der Waals surface area contributed by atoms with Crippen LogP contribution in [-0.2, 0) is 0 Å². The monoisotopic (exact) mass is 319 g/mol. The lowest BCUT2D eigenvalue weighted by molar-refractivity contribution is 1.47. The first-order valence-corrected chi connectivity index (χ1v) is 8.30. The highest BCUT2D eigenvalue weighted by Crippen LogP contribution is 2.42. The zero-order valence-corrected chi connectivity index (χ0v) is 13.1. The van der Waals surface area contributed by atoms with Gasteiger partial charge in [-0.3, -0.25) is 0 Å². The summed E-state index contributed by atoms with van der Waals surface area (Å²) in [5.41, 5.74) is 0.985. The van der Waals surface area contributed by atoms with Gasteiger partial charge < -0.3 is 0 Å². The number of hydrogen-bond donors (Lipinski definition) is 0. The fourth-order valence-electron chi connectivity index (χ4n) is 3.18. The van der Waals surface area contributed by atoms with Crippen LogP contribution in [-0.4, -0.2) is 4.98 Å². The maximum Gasteiger partial charge on any atom is 0.147 e. The van der Waals surface area contributed by atoms with E-state index in [1.54, 1.807) is 11.3 Å². The Labute approximate surface area is 135 Å². The Hall–Kier alpha value is -2.16. The van der Waals surface area contributed by atoms with E-state index in [-0.39, 0.29) is 0 Å². The van der Waals surface area contributed by atoms with Crippen molar-refractivity contribution in [3.05, 3.63) is 65.8 Å². The second-order valence-corrected chi connectivity index (χ2v) is 6.80. The molecule has 104 valence electrons. The van der Waals surface area contributed by atoms with Gasteiger partial charge in [0.1, 0.15) is 5.15 Å². The largest absolute Gasteiger partial charge is 0.234 e. The Morgan fingerprint density at radius 1 is 0.773 bits per heavy atom. The molecule has 0 unspecified atom stereocenters. The first kappa shape index (κ1) is 12.4. The average Bonchev–Trinajstić information content (AvgIpc) is 2.95. The summed E-state index contributed by atoms with van der Waals surface area (Å²) >= 11 is 8.22. The van der Waals surface area contributed by atoms with Crippen LogP contribution >= 0.6 is 22.9 Å². The van der Waals surface area contributed by atoms with Crippen LogP contribution in [0.15, 0.2) is 60.7 Å². The first-order valence-electron chi connectivity index (χ1n) is 7.11. The quantitative estimate of drug-likeness (QED) is 0.237. The van der Waals surface area contributed by atoms with Crippen LogP contribution in [0.1, 0.15) is 0 Å². The topological polar surface area (TPSA) is 12.9 Å². The maximum atomic E-state index is 6.51. The molecule has 2 heterocycles. The predicted molar refractivity (Wildman–Crippen MR) is 97.1 cm³/mol. The van der Waals surface area contributed by atoms with Crippen molar-refractivity contribution in [2.75, 3.05) is 0 Å². The van der Waals surface area contributed by atoms with E-state index in [2.05, 4.69) is 48.5 Å². The number of pyridine rings is 1. The van der Waals surface area contributed by atoms with Crippen molar-refractivity contribution in [1.82, 2.24) is 4.98 Å². The number of benzene rings is 3. The van der Waals surface area contributed by atoms with Gasteiger partial charge in [0, 0.05) is 26.2 Å². The van der Waals surface area contributed by atoms with E-state index < -0.39 is 0 Å². The molecule has 2 aromatic heterocycles. The van der Waals surface area contributed by atoms with Crippen LogP contribution < -0.4 is 0 Å². The van der Waals surface area contributed by atoms with Crippen molar-refractivity contribution in [1.29, 1.82) is 0 Å². The molecule has 0 saturated carbocycles. The van der Waals surface area contributed by atoms with E-state index in [1.807, 2.05) is 12.1 Å². The molecule has 0 fully saturated rings. The molecular weight excluding hydrogens is 310 g/mol. The van der Waals surface area contributed by atoms with E-state index in [4.69, 9.17) is 16.6 Å². The van der Waals surface area contributed by atoms with E-state index in [1.165, 1.54) is 26.2 Å². The molecule has 0 atom stereocenters. The third-order valence-electron chi connectivity index (χ3n) is 4.16. The molecule has 0 aliphatic heterocycles. The van der Waals surface area contributed by atoms with E-state index in [0.717, 1.165) is 15.6 Å². The highest BCUT2D eigenvalue weighted by molar-refractivity contribution is 7.26. The fourth-order valence-corrected chi connectivity index (χ4v) is 4.58. The molecule has 22 heavy (non-hydrogen) atoms. The molecule has 0 radical (unpaired) electrons. The van der Waals surface area contributed by atoms with Gasteiger partial charge in [0.2, 0.25) is 0 Å². The van der Waals surface area contributed by atoms with Gasteiger partial charge in [-0.15, -0.1) is 11.3 Å². The minimum atomic E-state index is 0.597.